The molecule has 1 saturated heterocycles. The second-order valence-corrected chi connectivity index (χ2v) is 6.19. The Morgan fingerprint density at radius 1 is 1.40 bits per heavy atom. The van der Waals surface area contributed by atoms with E-state index in [1.54, 1.807) is 7.11 Å². The molecule has 0 radical (unpaired) electrons. The highest BCUT2D eigenvalue weighted by molar-refractivity contribution is 5.36. The molecular weight excluding hydrogens is 320 g/mol. The second-order valence-electron chi connectivity index (χ2n) is 6.19. The van der Waals surface area contributed by atoms with Gasteiger partial charge in [-0.15, -0.1) is 0 Å². The summed E-state index contributed by atoms with van der Waals surface area (Å²) in [4.78, 5) is 15.8. The molecule has 3 rings (SSSR count). The number of anilines is 1. The number of imidazole rings is 1. The number of nitrogens with one attached hydrogen (secondary N) is 1. The van der Waals surface area contributed by atoms with Crippen LogP contribution in [0.2, 0.25) is 0 Å². The van der Waals surface area contributed by atoms with Crippen LogP contribution in [0, 0.1) is 6.92 Å². The monoisotopic (exact) mass is 346 g/mol. The predicted molar refractivity (Wildman–Crippen MR) is 94.3 cm³/mol. The normalized spacial score (nSPS) is 18.4. The second kappa shape index (κ2) is 8.37. The third-order valence-electron chi connectivity index (χ3n) is 4.24. The molecule has 0 bridgehead atoms. The first kappa shape index (κ1) is 17.8. The number of ether oxygens (including phenoxy) is 2. The summed E-state index contributed by atoms with van der Waals surface area (Å²) >= 11 is 0. The van der Waals surface area contributed by atoms with Crippen molar-refractivity contribution in [2.45, 2.75) is 19.6 Å². The van der Waals surface area contributed by atoms with Gasteiger partial charge in [0.1, 0.15) is 23.6 Å². The van der Waals surface area contributed by atoms with Gasteiger partial charge in [-0.3, -0.25) is 4.90 Å². The molecule has 0 aromatic carbocycles. The fourth-order valence-electron chi connectivity index (χ4n) is 2.90. The van der Waals surface area contributed by atoms with Crippen LogP contribution in [0.25, 0.3) is 0 Å². The van der Waals surface area contributed by atoms with E-state index < -0.39 is 0 Å². The number of methoxy groups -OCH3 is 1. The maximum atomic E-state index is 5.97. The van der Waals surface area contributed by atoms with Gasteiger partial charge in [-0.25, -0.2) is 15.0 Å². The zero-order valence-electron chi connectivity index (χ0n) is 15.1. The highest BCUT2D eigenvalue weighted by Crippen LogP contribution is 2.23. The summed E-state index contributed by atoms with van der Waals surface area (Å²) in [6.07, 6.45) is 3.75. The summed E-state index contributed by atoms with van der Waals surface area (Å²) in [7, 11) is 3.70. The van der Waals surface area contributed by atoms with Crippen LogP contribution < -0.4 is 5.32 Å². The van der Waals surface area contributed by atoms with Crippen molar-refractivity contribution in [2.75, 3.05) is 45.3 Å². The standard InChI is InChI=1S/C17H26N6O2/c1-13-20-14(10-16(21-13)18-5-8-24-3)15-11-23(7-9-25-15)12-17-19-4-6-22(17)2/h4,6,10,15H,5,7-9,11-12H2,1-3H3,(H,18,20,21)/t15-/m0/s1. The summed E-state index contributed by atoms with van der Waals surface area (Å²) in [5.41, 5.74) is 0.914. The topological polar surface area (TPSA) is 77.3 Å². The average molecular weight is 346 g/mol. The number of aryl methyl sites for hydroxylation is 2. The van der Waals surface area contributed by atoms with Crippen molar-refractivity contribution in [3.8, 4) is 0 Å². The van der Waals surface area contributed by atoms with Gasteiger partial charge >= 0.3 is 0 Å². The van der Waals surface area contributed by atoms with Crippen LogP contribution in [0.3, 0.4) is 0 Å². The van der Waals surface area contributed by atoms with Gasteiger partial charge in [-0.05, 0) is 6.92 Å². The van der Waals surface area contributed by atoms with Crippen molar-refractivity contribution in [3.63, 3.8) is 0 Å². The minimum atomic E-state index is -0.0568. The van der Waals surface area contributed by atoms with E-state index in [2.05, 4.69) is 29.7 Å². The molecular formula is C17H26N6O2. The number of morpholine rings is 1. The summed E-state index contributed by atoms with van der Waals surface area (Å²) in [6, 6.07) is 1.97. The molecule has 1 aliphatic heterocycles. The highest BCUT2D eigenvalue weighted by Gasteiger charge is 2.24. The molecule has 8 heteroatoms. The fraction of sp³-hybridized carbons (Fsp3) is 0.588. The Hall–Kier alpha value is -2.03. The minimum absolute atomic E-state index is 0.0568. The number of aromatic nitrogens is 4. The van der Waals surface area contributed by atoms with Crippen molar-refractivity contribution in [2.24, 2.45) is 7.05 Å². The highest BCUT2D eigenvalue weighted by atomic mass is 16.5. The van der Waals surface area contributed by atoms with E-state index in [1.165, 1.54) is 0 Å². The maximum absolute atomic E-state index is 5.97. The molecule has 1 N–H and O–H groups in total. The molecule has 3 heterocycles. The number of hydrogen-bond donors (Lipinski definition) is 1. The molecule has 0 amide bonds. The number of hydrogen-bond acceptors (Lipinski definition) is 7. The SMILES string of the molecule is COCCNc1cc([C@@H]2CN(Cc3nccn3C)CCO2)nc(C)n1. The first-order valence-corrected chi connectivity index (χ1v) is 8.54. The van der Waals surface area contributed by atoms with Crippen molar-refractivity contribution < 1.29 is 9.47 Å². The molecule has 8 nitrogen and oxygen atoms in total. The van der Waals surface area contributed by atoms with Crippen molar-refractivity contribution in [3.05, 3.63) is 35.8 Å². The van der Waals surface area contributed by atoms with E-state index in [0.29, 0.717) is 19.8 Å². The Kier molecular flexibility index (Phi) is 5.95. The zero-order valence-corrected chi connectivity index (χ0v) is 15.1. The quantitative estimate of drug-likeness (QED) is 0.754. The lowest BCUT2D eigenvalue weighted by molar-refractivity contribution is -0.0360. The van der Waals surface area contributed by atoms with Crippen molar-refractivity contribution in [1.82, 2.24) is 24.4 Å². The molecule has 25 heavy (non-hydrogen) atoms. The fourth-order valence-corrected chi connectivity index (χ4v) is 2.90. The number of rotatable bonds is 7. The van der Waals surface area contributed by atoms with Crippen LogP contribution in [-0.2, 0) is 23.1 Å². The summed E-state index contributed by atoms with van der Waals surface area (Å²) < 4.78 is 13.1. The van der Waals surface area contributed by atoms with Gasteiger partial charge in [0.2, 0.25) is 0 Å². The van der Waals surface area contributed by atoms with E-state index in [0.717, 1.165) is 42.8 Å². The lowest BCUT2D eigenvalue weighted by Crippen LogP contribution is -2.38. The van der Waals surface area contributed by atoms with Gasteiger partial charge in [0.15, 0.2) is 0 Å². The van der Waals surface area contributed by atoms with Gasteiger partial charge in [-0.2, -0.15) is 0 Å². The van der Waals surface area contributed by atoms with E-state index >= 15 is 0 Å². The largest absolute Gasteiger partial charge is 0.383 e. The van der Waals surface area contributed by atoms with Gasteiger partial charge in [0.25, 0.3) is 0 Å². The Bertz CT molecular complexity index is 690. The van der Waals surface area contributed by atoms with Gasteiger partial charge in [0.05, 0.1) is 25.5 Å². The zero-order chi connectivity index (χ0) is 17.6. The molecule has 0 saturated carbocycles. The lowest BCUT2D eigenvalue weighted by Gasteiger charge is -2.32. The summed E-state index contributed by atoms with van der Waals surface area (Å²) in [5.74, 6) is 2.60. The van der Waals surface area contributed by atoms with Crippen LogP contribution in [0.15, 0.2) is 18.5 Å². The molecule has 0 spiro atoms. The van der Waals surface area contributed by atoms with Crippen LogP contribution in [0.1, 0.15) is 23.4 Å². The molecule has 1 aliphatic rings. The Morgan fingerprint density at radius 2 is 2.28 bits per heavy atom. The van der Waals surface area contributed by atoms with Gasteiger partial charge < -0.3 is 19.4 Å². The van der Waals surface area contributed by atoms with Crippen LogP contribution in [-0.4, -0.2) is 64.4 Å². The third kappa shape index (κ3) is 4.75. The third-order valence-corrected chi connectivity index (χ3v) is 4.24. The smallest absolute Gasteiger partial charge is 0.130 e. The van der Waals surface area contributed by atoms with Gasteiger partial charge in [-0.1, -0.05) is 0 Å². The number of nitrogens with zero attached hydrogens (tertiary/aromatic N) is 5. The molecule has 0 aliphatic carbocycles. The summed E-state index contributed by atoms with van der Waals surface area (Å²) in [5, 5.41) is 3.26. The van der Waals surface area contributed by atoms with E-state index in [-0.39, 0.29) is 6.10 Å². The Morgan fingerprint density at radius 3 is 3.04 bits per heavy atom. The van der Waals surface area contributed by atoms with Crippen LogP contribution >= 0.6 is 0 Å². The average Bonchev–Trinajstić information content (AvgIpc) is 3.00. The molecule has 1 fully saturated rings. The van der Waals surface area contributed by atoms with Crippen molar-refractivity contribution in [1.29, 1.82) is 0 Å². The van der Waals surface area contributed by atoms with Crippen LogP contribution in [0.5, 0.6) is 0 Å². The minimum Gasteiger partial charge on any atom is -0.383 e. The lowest BCUT2D eigenvalue weighted by atomic mass is 10.2. The maximum Gasteiger partial charge on any atom is 0.130 e. The molecule has 2 aromatic rings. The van der Waals surface area contributed by atoms with E-state index in [9.17, 15) is 0 Å². The van der Waals surface area contributed by atoms with Crippen molar-refractivity contribution >= 4 is 5.82 Å². The van der Waals surface area contributed by atoms with E-state index in [1.807, 2.05) is 32.4 Å². The molecule has 0 unspecified atom stereocenters. The first-order chi connectivity index (χ1) is 12.2. The van der Waals surface area contributed by atoms with Crippen LogP contribution in [0.4, 0.5) is 5.82 Å². The molecule has 136 valence electrons. The first-order valence-electron chi connectivity index (χ1n) is 8.54. The Balaban J connectivity index is 1.67. The van der Waals surface area contributed by atoms with E-state index in [4.69, 9.17) is 9.47 Å². The predicted octanol–water partition coefficient (Wildman–Crippen LogP) is 1.15. The molecule has 2 aromatic heterocycles. The molecule has 1 atom stereocenters. The summed E-state index contributed by atoms with van der Waals surface area (Å²) in [6.45, 7) is 6.43. The Labute approximate surface area is 148 Å². The van der Waals surface area contributed by atoms with Gasteiger partial charge in [0, 0.05) is 52.3 Å².